The van der Waals surface area contributed by atoms with Crippen molar-refractivity contribution in [3.8, 4) is 0 Å². The summed E-state index contributed by atoms with van der Waals surface area (Å²) in [6.07, 6.45) is 0. The Balaban J connectivity index is 4.46. The zero-order valence-corrected chi connectivity index (χ0v) is 8.26. The van der Waals surface area contributed by atoms with Crippen LogP contribution in [0, 0.1) is 0 Å². The van der Waals surface area contributed by atoms with Crippen LogP contribution in [0.2, 0.25) is 0 Å². The predicted octanol–water partition coefficient (Wildman–Crippen LogP) is 2.01. The smallest absolute Gasteiger partial charge is 0.216 e. The third kappa shape index (κ3) is 3.94. The van der Waals surface area contributed by atoms with Gasteiger partial charge in [-0.05, 0) is 39.6 Å². The van der Waals surface area contributed by atoms with Gasteiger partial charge in [-0.3, -0.25) is 0 Å². The molecule has 0 saturated heterocycles. The van der Waals surface area contributed by atoms with E-state index in [1.54, 1.807) is 0 Å². The standard InChI is InChI=1S/C9H19N2/c1-6-10-7-11(8(2)3)9(4)5/h8-9H,6H2,1-5H3/q+1. The number of hydrogen-bond acceptors (Lipinski definition) is 1. The van der Waals surface area contributed by atoms with Gasteiger partial charge in [0.15, 0.2) is 0 Å². The fraction of sp³-hybridized carbons (Fsp3) is 0.889. The summed E-state index contributed by atoms with van der Waals surface area (Å²) in [5.41, 5.74) is 0. The van der Waals surface area contributed by atoms with E-state index in [0.717, 1.165) is 6.54 Å². The van der Waals surface area contributed by atoms with Crippen LogP contribution in [0.1, 0.15) is 34.6 Å². The Morgan fingerprint density at radius 3 is 1.91 bits per heavy atom. The topological polar surface area (TPSA) is 15.4 Å². The number of rotatable bonds is 3. The minimum Gasteiger partial charge on any atom is -0.216 e. The summed E-state index contributed by atoms with van der Waals surface area (Å²) in [7, 11) is 0. The highest BCUT2D eigenvalue weighted by atomic mass is 15.1. The Hall–Kier alpha value is -0.620. The highest BCUT2D eigenvalue weighted by Crippen LogP contribution is 1.93. The van der Waals surface area contributed by atoms with E-state index in [2.05, 4.69) is 43.3 Å². The van der Waals surface area contributed by atoms with Crippen LogP contribution < -0.4 is 0 Å². The van der Waals surface area contributed by atoms with Crippen molar-refractivity contribution in [2.24, 2.45) is 4.99 Å². The Labute approximate surface area is 69.7 Å². The van der Waals surface area contributed by atoms with Crippen molar-refractivity contribution in [1.29, 1.82) is 0 Å². The van der Waals surface area contributed by atoms with Gasteiger partial charge in [0.2, 0.25) is 0 Å². The van der Waals surface area contributed by atoms with E-state index >= 15 is 0 Å². The van der Waals surface area contributed by atoms with Gasteiger partial charge in [-0.1, -0.05) is 0 Å². The van der Waals surface area contributed by atoms with Gasteiger partial charge in [0.05, 0.1) is 12.1 Å². The van der Waals surface area contributed by atoms with Crippen LogP contribution in [-0.2, 0) is 0 Å². The zero-order chi connectivity index (χ0) is 8.85. The largest absolute Gasteiger partial charge is 0.306 e. The molecule has 0 radical (unpaired) electrons. The minimum absolute atomic E-state index is 0.491. The molecule has 0 aliphatic heterocycles. The van der Waals surface area contributed by atoms with E-state index in [9.17, 15) is 0 Å². The first-order valence-corrected chi connectivity index (χ1v) is 4.30. The molecule has 64 valence electrons. The third-order valence-electron chi connectivity index (χ3n) is 1.46. The van der Waals surface area contributed by atoms with Gasteiger partial charge >= 0.3 is 6.01 Å². The summed E-state index contributed by atoms with van der Waals surface area (Å²) in [4.78, 5) is 4.09. The average Bonchev–Trinajstić information content (AvgIpc) is 1.87. The molecule has 0 atom stereocenters. The molecule has 0 bridgehead atoms. The van der Waals surface area contributed by atoms with Crippen molar-refractivity contribution in [2.75, 3.05) is 6.54 Å². The average molecular weight is 155 g/mol. The summed E-state index contributed by atoms with van der Waals surface area (Å²) < 4.78 is 2.13. The van der Waals surface area contributed by atoms with E-state index in [4.69, 9.17) is 0 Å². The fourth-order valence-electron chi connectivity index (χ4n) is 0.980. The third-order valence-corrected chi connectivity index (χ3v) is 1.46. The Morgan fingerprint density at radius 2 is 1.64 bits per heavy atom. The van der Waals surface area contributed by atoms with Gasteiger partial charge in [-0.15, -0.1) is 0 Å². The molecule has 2 heteroatoms. The van der Waals surface area contributed by atoms with Crippen molar-refractivity contribution >= 4 is 6.01 Å². The number of aliphatic imine (C=N–C) groups is 1. The quantitative estimate of drug-likeness (QED) is 0.437. The molecule has 0 fully saturated rings. The number of hydrogen-bond donors (Lipinski definition) is 0. The van der Waals surface area contributed by atoms with Crippen LogP contribution in [0.4, 0.5) is 0 Å². The van der Waals surface area contributed by atoms with E-state index < -0.39 is 0 Å². The maximum atomic E-state index is 4.09. The van der Waals surface area contributed by atoms with Gasteiger partial charge in [0.25, 0.3) is 0 Å². The zero-order valence-electron chi connectivity index (χ0n) is 8.26. The maximum Gasteiger partial charge on any atom is 0.306 e. The molecular formula is C9H19N2+. The highest BCUT2D eigenvalue weighted by molar-refractivity contribution is 5.34. The van der Waals surface area contributed by atoms with Gasteiger partial charge in [-0.25, -0.2) is 4.58 Å². The summed E-state index contributed by atoms with van der Waals surface area (Å²) >= 11 is 0. The van der Waals surface area contributed by atoms with Crippen LogP contribution in [0.25, 0.3) is 0 Å². The lowest BCUT2D eigenvalue weighted by Gasteiger charge is -2.09. The molecule has 2 nitrogen and oxygen atoms in total. The lowest BCUT2D eigenvalue weighted by Crippen LogP contribution is -2.26. The van der Waals surface area contributed by atoms with Crippen LogP contribution in [0.5, 0.6) is 0 Å². The van der Waals surface area contributed by atoms with Gasteiger partial charge in [0, 0.05) is 0 Å². The van der Waals surface area contributed by atoms with Crippen molar-refractivity contribution in [1.82, 2.24) is 0 Å². The summed E-state index contributed by atoms with van der Waals surface area (Å²) in [5, 5.41) is 0. The van der Waals surface area contributed by atoms with Crippen LogP contribution in [0.15, 0.2) is 4.99 Å². The van der Waals surface area contributed by atoms with Gasteiger partial charge in [-0.2, -0.15) is 0 Å². The molecule has 0 saturated carbocycles. The summed E-state index contributed by atoms with van der Waals surface area (Å²) in [5.74, 6) is 0. The minimum atomic E-state index is 0.491. The van der Waals surface area contributed by atoms with Crippen LogP contribution >= 0.6 is 0 Å². The van der Waals surface area contributed by atoms with Crippen molar-refractivity contribution in [2.45, 2.75) is 46.7 Å². The predicted molar refractivity (Wildman–Crippen MR) is 48.5 cm³/mol. The normalized spacial score (nSPS) is 10.1. The lowest BCUT2D eigenvalue weighted by molar-refractivity contribution is -0.582. The fourth-order valence-corrected chi connectivity index (χ4v) is 0.980. The van der Waals surface area contributed by atoms with Crippen molar-refractivity contribution in [3.63, 3.8) is 0 Å². The summed E-state index contributed by atoms with van der Waals surface area (Å²) in [6.45, 7) is 11.4. The van der Waals surface area contributed by atoms with E-state index in [1.165, 1.54) is 0 Å². The number of nitrogens with zero attached hydrogens (tertiary/aromatic N) is 2. The first-order valence-electron chi connectivity index (χ1n) is 4.30. The summed E-state index contributed by atoms with van der Waals surface area (Å²) in [6, 6.07) is 4.01. The van der Waals surface area contributed by atoms with Crippen molar-refractivity contribution in [3.05, 3.63) is 0 Å². The lowest BCUT2D eigenvalue weighted by atomic mass is 10.3. The SMILES string of the molecule is CCN=C=[N+](C(C)C)C(C)C. The molecule has 0 aromatic carbocycles. The molecule has 0 N–H and O–H groups in total. The first-order chi connectivity index (χ1) is 5.09. The first kappa shape index (κ1) is 10.4. The highest BCUT2D eigenvalue weighted by Gasteiger charge is 2.08. The molecule has 0 heterocycles. The Morgan fingerprint density at radius 1 is 1.18 bits per heavy atom. The van der Waals surface area contributed by atoms with Gasteiger partial charge in [0.1, 0.15) is 6.54 Å². The van der Waals surface area contributed by atoms with Gasteiger partial charge < -0.3 is 0 Å². The molecule has 0 rings (SSSR count). The Bertz CT molecular complexity index is 152. The molecule has 0 spiro atoms. The molecule has 0 amide bonds. The Kier molecular flexibility index (Phi) is 4.80. The second-order valence-corrected chi connectivity index (χ2v) is 3.17. The molecule has 0 aromatic heterocycles. The van der Waals surface area contributed by atoms with Crippen LogP contribution in [-0.4, -0.2) is 29.2 Å². The van der Waals surface area contributed by atoms with Crippen molar-refractivity contribution < 1.29 is 4.58 Å². The molecular weight excluding hydrogens is 136 g/mol. The van der Waals surface area contributed by atoms with E-state index in [1.807, 2.05) is 6.92 Å². The second kappa shape index (κ2) is 5.09. The second-order valence-electron chi connectivity index (χ2n) is 3.17. The molecule has 0 aliphatic rings. The van der Waals surface area contributed by atoms with E-state index in [0.29, 0.717) is 12.1 Å². The monoisotopic (exact) mass is 155 g/mol. The van der Waals surface area contributed by atoms with E-state index in [-0.39, 0.29) is 0 Å². The molecule has 0 aliphatic carbocycles. The van der Waals surface area contributed by atoms with Crippen LogP contribution in [0.3, 0.4) is 0 Å². The molecule has 0 aromatic rings. The molecule has 0 unspecified atom stereocenters. The molecule has 11 heavy (non-hydrogen) atoms. The maximum absolute atomic E-state index is 4.09.